The van der Waals surface area contributed by atoms with Crippen LogP contribution in [-0.4, -0.2) is 9.97 Å². The molecule has 0 amide bonds. The summed E-state index contributed by atoms with van der Waals surface area (Å²) in [4.78, 5) is 7.91. The molecule has 2 heteroatoms. The molecule has 0 aromatic carbocycles. The Morgan fingerprint density at radius 2 is 2.40 bits per heavy atom. The van der Waals surface area contributed by atoms with Crippen LogP contribution in [0.2, 0.25) is 0 Å². The second kappa shape index (κ2) is 2.06. The van der Waals surface area contributed by atoms with Crippen LogP contribution in [0.5, 0.6) is 0 Å². The van der Waals surface area contributed by atoms with E-state index in [1.807, 2.05) is 18.2 Å². The Balaban J connectivity index is 2.89. The minimum atomic E-state index is 0.723. The van der Waals surface area contributed by atoms with Gasteiger partial charge < -0.3 is 0 Å². The van der Waals surface area contributed by atoms with E-state index in [0.29, 0.717) is 0 Å². The predicted molar refractivity (Wildman–Crippen MR) is 37.2 cm³/mol. The maximum atomic E-state index is 4.02. The third-order valence-electron chi connectivity index (χ3n) is 1.27. The van der Waals surface area contributed by atoms with Crippen LogP contribution in [0, 0.1) is 12.3 Å². The lowest BCUT2D eigenvalue weighted by Gasteiger charge is -1.89. The highest BCUT2D eigenvalue weighted by Gasteiger charge is 1.89. The van der Waals surface area contributed by atoms with Crippen molar-refractivity contribution < 1.29 is 0 Å². The highest BCUT2D eigenvalue weighted by Crippen LogP contribution is 2.03. The summed E-state index contributed by atoms with van der Waals surface area (Å²) in [5.41, 5.74) is 0.723. The Hall–Kier alpha value is -1.44. The first-order valence-corrected chi connectivity index (χ1v) is 2.96. The second-order valence-electron chi connectivity index (χ2n) is 1.93. The lowest BCUT2D eigenvalue weighted by atomic mass is 10.3. The average Bonchev–Trinajstić information content (AvgIpc) is 2.05. The summed E-state index contributed by atoms with van der Waals surface area (Å²) >= 11 is 0. The Bertz CT molecular complexity index is 278. The topological polar surface area (TPSA) is 25.8 Å². The normalized spacial score (nSPS) is 10.0. The standard InChI is InChI=1S/C8H4N2/c1-3-7-4-2-6-10-8(7)9-5-1/h1,3-5H. The summed E-state index contributed by atoms with van der Waals surface area (Å²) < 4.78 is 0. The van der Waals surface area contributed by atoms with E-state index in [1.165, 1.54) is 0 Å². The molecule has 2 radical (unpaired) electrons. The molecule has 0 saturated carbocycles. The van der Waals surface area contributed by atoms with Crippen molar-refractivity contribution in [3.63, 3.8) is 0 Å². The Morgan fingerprint density at radius 3 is 3.30 bits per heavy atom. The van der Waals surface area contributed by atoms with Crippen LogP contribution in [0.1, 0.15) is 0 Å². The minimum Gasteiger partial charge on any atom is -0.237 e. The van der Waals surface area contributed by atoms with Crippen molar-refractivity contribution in [1.29, 1.82) is 0 Å². The van der Waals surface area contributed by atoms with Gasteiger partial charge in [-0.25, -0.2) is 9.97 Å². The van der Waals surface area contributed by atoms with E-state index in [-0.39, 0.29) is 0 Å². The van der Waals surface area contributed by atoms with Crippen molar-refractivity contribution >= 4 is 11.0 Å². The highest BCUT2D eigenvalue weighted by molar-refractivity contribution is 5.73. The molecule has 2 aromatic rings. The fourth-order valence-electron chi connectivity index (χ4n) is 0.811. The van der Waals surface area contributed by atoms with Crippen LogP contribution in [0.3, 0.4) is 0 Å². The van der Waals surface area contributed by atoms with Gasteiger partial charge in [-0.2, -0.15) is 0 Å². The molecule has 0 bridgehead atoms. The van der Waals surface area contributed by atoms with Crippen LogP contribution >= 0.6 is 0 Å². The average molecular weight is 128 g/mol. The van der Waals surface area contributed by atoms with E-state index in [2.05, 4.69) is 22.2 Å². The van der Waals surface area contributed by atoms with Crippen molar-refractivity contribution in [2.45, 2.75) is 0 Å². The van der Waals surface area contributed by atoms with Crippen molar-refractivity contribution in [1.82, 2.24) is 9.97 Å². The maximum Gasteiger partial charge on any atom is 0.159 e. The van der Waals surface area contributed by atoms with E-state index >= 15 is 0 Å². The summed E-state index contributed by atoms with van der Waals surface area (Å²) in [6, 6.07) is 8.39. The van der Waals surface area contributed by atoms with E-state index in [4.69, 9.17) is 0 Å². The Morgan fingerprint density at radius 1 is 1.40 bits per heavy atom. The molecule has 2 rings (SSSR count). The predicted octanol–water partition coefficient (Wildman–Crippen LogP) is 1.23. The van der Waals surface area contributed by atoms with Crippen molar-refractivity contribution in [2.75, 3.05) is 0 Å². The third-order valence-corrected chi connectivity index (χ3v) is 1.27. The monoisotopic (exact) mass is 128 g/mol. The number of pyridine rings is 2. The van der Waals surface area contributed by atoms with Crippen LogP contribution in [0.15, 0.2) is 24.4 Å². The van der Waals surface area contributed by atoms with Gasteiger partial charge in [-0.05, 0) is 18.2 Å². The summed E-state index contributed by atoms with van der Waals surface area (Å²) in [6.45, 7) is 0. The van der Waals surface area contributed by atoms with Crippen LogP contribution in [0.25, 0.3) is 11.0 Å². The molecule has 0 N–H and O–H groups in total. The second-order valence-corrected chi connectivity index (χ2v) is 1.93. The molecule has 2 nitrogen and oxygen atoms in total. The zero-order chi connectivity index (χ0) is 6.81. The lowest BCUT2D eigenvalue weighted by molar-refractivity contribution is 1.27. The van der Waals surface area contributed by atoms with Gasteiger partial charge >= 0.3 is 0 Å². The van der Waals surface area contributed by atoms with Crippen molar-refractivity contribution in [2.24, 2.45) is 0 Å². The third kappa shape index (κ3) is 0.739. The number of rotatable bonds is 0. The summed E-state index contributed by atoms with van der Waals surface area (Å²) in [7, 11) is 0. The summed E-state index contributed by atoms with van der Waals surface area (Å²) in [5, 5.41) is 1.00. The SMILES string of the molecule is [c]1[c]nc2ncccc2c1. The van der Waals surface area contributed by atoms with Crippen LogP contribution < -0.4 is 0 Å². The van der Waals surface area contributed by atoms with E-state index < -0.39 is 0 Å². The molecular formula is C8H4N2. The molecule has 0 fully saturated rings. The Kier molecular flexibility index (Phi) is 1.10. The van der Waals surface area contributed by atoms with E-state index in [1.54, 1.807) is 6.20 Å². The van der Waals surface area contributed by atoms with E-state index in [0.717, 1.165) is 11.0 Å². The first-order chi connectivity index (χ1) is 4.97. The fraction of sp³-hybridized carbons (Fsp3) is 0. The molecule has 0 spiro atoms. The number of hydrogen-bond donors (Lipinski definition) is 0. The van der Waals surface area contributed by atoms with Crippen molar-refractivity contribution in [3.05, 3.63) is 36.7 Å². The minimum absolute atomic E-state index is 0.723. The molecule has 0 atom stereocenters. The molecule has 0 aliphatic rings. The maximum absolute atomic E-state index is 4.02. The van der Waals surface area contributed by atoms with Gasteiger partial charge in [0.05, 0.1) is 6.20 Å². The summed E-state index contributed by atoms with van der Waals surface area (Å²) in [5.74, 6) is 0. The van der Waals surface area contributed by atoms with Gasteiger partial charge in [0, 0.05) is 17.6 Å². The zero-order valence-electron chi connectivity index (χ0n) is 5.20. The van der Waals surface area contributed by atoms with Gasteiger partial charge in [-0.1, -0.05) is 0 Å². The molecule has 0 aliphatic heterocycles. The molecule has 2 aromatic heterocycles. The molecule has 0 unspecified atom stereocenters. The Labute approximate surface area is 58.6 Å². The first kappa shape index (κ1) is 5.35. The smallest absolute Gasteiger partial charge is 0.159 e. The van der Waals surface area contributed by atoms with Crippen LogP contribution in [-0.2, 0) is 0 Å². The van der Waals surface area contributed by atoms with Gasteiger partial charge in [0.1, 0.15) is 0 Å². The number of hydrogen-bond acceptors (Lipinski definition) is 2. The van der Waals surface area contributed by atoms with Gasteiger partial charge in [0.25, 0.3) is 0 Å². The highest BCUT2D eigenvalue weighted by atomic mass is 14.8. The van der Waals surface area contributed by atoms with Gasteiger partial charge in [0.2, 0.25) is 0 Å². The number of aromatic nitrogens is 2. The zero-order valence-corrected chi connectivity index (χ0v) is 5.20. The largest absolute Gasteiger partial charge is 0.237 e. The molecular weight excluding hydrogens is 124 g/mol. The van der Waals surface area contributed by atoms with Gasteiger partial charge in [-0.3, -0.25) is 0 Å². The molecule has 0 aliphatic carbocycles. The van der Waals surface area contributed by atoms with Crippen LogP contribution in [0.4, 0.5) is 0 Å². The fourth-order valence-corrected chi connectivity index (χ4v) is 0.811. The number of nitrogens with zero attached hydrogens (tertiary/aromatic N) is 2. The molecule has 46 valence electrons. The number of fused-ring (bicyclic) bond motifs is 1. The lowest BCUT2D eigenvalue weighted by Crippen LogP contribution is -1.79. The molecule has 2 heterocycles. The summed E-state index contributed by atoms with van der Waals surface area (Å²) in [6.07, 6.45) is 4.31. The van der Waals surface area contributed by atoms with Gasteiger partial charge in [0.15, 0.2) is 5.65 Å². The van der Waals surface area contributed by atoms with Gasteiger partial charge in [-0.15, -0.1) is 0 Å². The first-order valence-electron chi connectivity index (χ1n) is 2.96. The van der Waals surface area contributed by atoms with E-state index in [9.17, 15) is 0 Å². The van der Waals surface area contributed by atoms with Crippen molar-refractivity contribution in [3.8, 4) is 0 Å². The molecule has 0 saturated heterocycles. The quantitative estimate of drug-likeness (QED) is 0.533. The molecule has 10 heavy (non-hydrogen) atoms.